The Labute approximate surface area is 503 Å². The Hall–Kier alpha value is -7.47. The highest BCUT2D eigenvalue weighted by molar-refractivity contribution is 7.86. The summed E-state index contributed by atoms with van der Waals surface area (Å²) < 4.78 is 74.6. The number of nitrogens with one attached hydrogen (secondary N) is 3. The van der Waals surface area contributed by atoms with E-state index in [0.717, 1.165) is 57.0 Å². The van der Waals surface area contributed by atoms with E-state index in [0.29, 0.717) is 55.8 Å². The Morgan fingerprint density at radius 3 is 2.06 bits per heavy atom. The zero-order valence-corrected chi connectivity index (χ0v) is 51.2. The van der Waals surface area contributed by atoms with Gasteiger partial charge in [0, 0.05) is 86.1 Å². The number of aliphatic carboxylic acids is 3. The van der Waals surface area contributed by atoms with Gasteiger partial charge in [-0.2, -0.15) is 21.4 Å². The number of rotatable bonds is 33. The number of benzene rings is 3. The molecule has 0 fully saturated rings. The molecule has 0 saturated heterocycles. The smallest absolute Gasteiger partial charge is 0.326 e. The molecule has 1 aliphatic carbocycles. The average Bonchev–Trinajstić information content (AvgIpc) is 2.06. The fraction of sp³-hybridized carbons (Fsp3) is 0.476. The highest BCUT2D eigenvalue weighted by Crippen LogP contribution is 2.49. The van der Waals surface area contributed by atoms with Crippen LogP contribution in [-0.4, -0.2) is 130 Å². The van der Waals surface area contributed by atoms with Crippen molar-refractivity contribution in [2.24, 2.45) is 0 Å². The molecule has 3 aromatic carbocycles. The van der Waals surface area contributed by atoms with Crippen LogP contribution in [0.2, 0.25) is 0 Å². The largest absolute Gasteiger partial charge is 0.481 e. The first-order valence-electron chi connectivity index (χ1n) is 29.2. The van der Waals surface area contributed by atoms with Gasteiger partial charge < -0.3 is 40.9 Å². The number of ether oxygens (including phenoxy) is 1. The van der Waals surface area contributed by atoms with E-state index in [1.54, 1.807) is 24.3 Å². The van der Waals surface area contributed by atoms with Gasteiger partial charge in [0.15, 0.2) is 5.71 Å². The number of amides is 3. The lowest BCUT2D eigenvalue weighted by molar-refractivity contribution is -0.438. The molecule has 2 aliphatic heterocycles. The number of aryl methyl sites for hydroxylation is 1. The number of carboxylic acids is 3. The first-order valence-corrected chi connectivity index (χ1v) is 32.4. The van der Waals surface area contributed by atoms with Crippen molar-refractivity contribution in [2.45, 2.75) is 160 Å². The molecule has 3 amide bonds. The Morgan fingerprint density at radius 1 is 0.709 bits per heavy atom. The molecule has 2 atom stereocenters. The summed E-state index contributed by atoms with van der Waals surface area (Å²) in [4.78, 5) is 74.8. The van der Waals surface area contributed by atoms with Crippen molar-refractivity contribution in [1.82, 2.24) is 16.0 Å². The zero-order chi connectivity index (χ0) is 63.0. The third-order valence-electron chi connectivity index (χ3n) is 15.8. The van der Waals surface area contributed by atoms with Gasteiger partial charge in [-0.25, -0.2) is 14.4 Å². The molecular weight excluding hydrogens is 1150 g/mol. The van der Waals surface area contributed by atoms with Crippen LogP contribution in [0.5, 0.6) is 5.75 Å². The van der Waals surface area contributed by atoms with E-state index in [1.807, 2.05) is 25.1 Å². The predicted molar refractivity (Wildman–Crippen MR) is 326 cm³/mol. The molecule has 6 rings (SSSR count). The molecule has 3 aromatic rings. The second-order valence-corrected chi connectivity index (χ2v) is 26.4. The van der Waals surface area contributed by atoms with Crippen LogP contribution in [0.25, 0.3) is 0 Å². The van der Waals surface area contributed by atoms with Gasteiger partial charge in [-0.3, -0.25) is 23.5 Å². The van der Waals surface area contributed by atoms with Crippen molar-refractivity contribution in [3.8, 4) is 5.75 Å². The molecule has 0 bridgehead atoms. The molecule has 0 spiro atoms. The van der Waals surface area contributed by atoms with Gasteiger partial charge in [-0.1, -0.05) is 68.0 Å². The minimum absolute atomic E-state index is 0.0212. The highest BCUT2D eigenvalue weighted by Gasteiger charge is 2.44. The quantitative estimate of drug-likeness (QED) is 0.0160. The first-order chi connectivity index (χ1) is 40.5. The van der Waals surface area contributed by atoms with Crippen LogP contribution in [0, 0.1) is 6.92 Å². The van der Waals surface area contributed by atoms with Crippen molar-refractivity contribution >= 4 is 73.0 Å². The summed E-state index contributed by atoms with van der Waals surface area (Å²) in [6.07, 6.45) is 12.1. The van der Waals surface area contributed by atoms with E-state index in [2.05, 4.69) is 102 Å². The van der Waals surface area contributed by atoms with Crippen LogP contribution >= 0.6 is 0 Å². The van der Waals surface area contributed by atoms with Gasteiger partial charge in [-0.15, -0.1) is 0 Å². The Morgan fingerprint density at radius 2 is 1.38 bits per heavy atom. The molecule has 23 heteroatoms. The number of nitrogens with zero attached hydrogens (tertiary/aromatic N) is 2. The molecule has 3 aliphatic rings. The fourth-order valence-electron chi connectivity index (χ4n) is 11.2. The summed E-state index contributed by atoms with van der Waals surface area (Å²) in [5.41, 5.74) is 8.88. The number of carboxylic acid groups (broad SMARTS) is 3. The van der Waals surface area contributed by atoms with Crippen LogP contribution in [0.3, 0.4) is 0 Å². The molecule has 0 aromatic heterocycles. The molecule has 0 radical (unpaired) electrons. The first kappa shape index (κ1) is 67.7. The second kappa shape index (κ2) is 30.2. The summed E-state index contributed by atoms with van der Waals surface area (Å²) in [7, 11) is -8.26. The van der Waals surface area contributed by atoms with Crippen molar-refractivity contribution in [3.63, 3.8) is 0 Å². The van der Waals surface area contributed by atoms with E-state index in [9.17, 15) is 64.9 Å². The van der Waals surface area contributed by atoms with Crippen molar-refractivity contribution < 1.29 is 79.3 Å². The molecule has 21 nitrogen and oxygen atoms in total. The lowest BCUT2D eigenvalue weighted by Crippen LogP contribution is -2.46. The Balaban J connectivity index is 1.21. The molecule has 0 saturated carbocycles. The number of fused-ring (bicyclic) bond motifs is 2. The van der Waals surface area contributed by atoms with E-state index >= 15 is 0 Å². The van der Waals surface area contributed by atoms with E-state index in [1.165, 1.54) is 0 Å². The minimum Gasteiger partial charge on any atom is -0.481 e. The minimum atomic E-state index is -4.13. The van der Waals surface area contributed by atoms with Gasteiger partial charge in [0.2, 0.25) is 11.6 Å². The number of Topliss-reactive ketones (excluding diaryl/α,β-unsaturated/α-hetero) is 1. The lowest BCUT2D eigenvalue weighted by Gasteiger charge is -2.27. The van der Waals surface area contributed by atoms with Crippen LogP contribution in [0.4, 0.5) is 16.2 Å². The number of hydrogen-bond donors (Lipinski definition) is 8. The molecule has 466 valence electrons. The number of ketones is 1. The van der Waals surface area contributed by atoms with Gasteiger partial charge in [0.25, 0.3) is 20.2 Å². The maximum Gasteiger partial charge on any atom is 0.326 e. The summed E-state index contributed by atoms with van der Waals surface area (Å²) in [6, 6.07) is 17.9. The maximum atomic E-state index is 13.0. The number of urea groups is 1. The van der Waals surface area contributed by atoms with Crippen molar-refractivity contribution in [3.05, 3.63) is 136 Å². The number of anilines is 1. The zero-order valence-electron chi connectivity index (χ0n) is 49.6. The summed E-state index contributed by atoms with van der Waals surface area (Å²) in [5, 5.41) is 35.7. The standard InChI is InChI=1S/C63H81N5O16S2/c1-42-23-32-53-49(40-42)63(4,5)55(68(53)37-11-13-39-86(81,82)83)34-27-45-17-14-16-44(26-33-54-62(2,3)48-19-7-8-20-52(48)67(54)36-10-12-38-85(78,79)80)58(45)84-47-29-24-43(25-30-47)41-51(60(75)76)65-56(70)21-9-6-18-46(69)28-31-50(59(73)74)66-61(77)64-35-15-22-57(71)72/h7-8,19-20,23-27,29-30,32-34,40,50-51H,6,9-18,21-22,28,31,35-39,41H2,1-5H3,(H7-,64,65,66,70,71,72,73,74,75,76,77,78,79,80,81,82,83)/p+1/t50-,51+/m1/s1. The number of carbonyl (C=O) groups excluding carboxylic acids is 3. The number of hydrogen-bond acceptors (Lipinski definition) is 12. The number of allylic oxidation sites excluding steroid dienone is 7. The number of para-hydroxylation sites is 1. The molecule has 2 heterocycles. The van der Waals surface area contributed by atoms with E-state index in [4.69, 9.17) is 9.84 Å². The second-order valence-electron chi connectivity index (χ2n) is 23.2. The van der Waals surface area contributed by atoms with Crippen molar-refractivity contribution in [1.29, 1.82) is 0 Å². The highest BCUT2D eigenvalue weighted by atomic mass is 32.2. The third-order valence-corrected chi connectivity index (χ3v) is 17.4. The van der Waals surface area contributed by atoms with E-state index in [-0.39, 0.29) is 94.5 Å². The van der Waals surface area contributed by atoms with Crippen LogP contribution < -0.4 is 25.6 Å². The third kappa shape index (κ3) is 19.5. The monoisotopic (exact) mass is 1230 g/mol. The number of unbranched alkanes of at least 4 members (excludes halogenated alkanes) is 3. The van der Waals surface area contributed by atoms with Gasteiger partial charge in [-0.05, 0) is 138 Å². The van der Waals surface area contributed by atoms with E-state index < -0.39 is 73.0 Å². The molecule has 0 unspecified atom stereocenters. The normalized spacial score (nSPS) is 17.1. The predicted octanol–water partition coefficient (Wildman–Crippen LogP) is 9.03. The lowest BCUT2D eigenvalue weighted by atomic mass is 9.81. The fourth-order valence-corrected chi connectivity index (χ4v) is 12.3. The SMILES string of the molecule is Cc1ccc2c(c1)C(C)(C)/C(=C\C=C1/CCCC(/C=C/C3=[N+](CCCCS(=O)(=O)O)c4ccccc4C3(C)C)=C1Oc1ccc(C[C@H](NC(=O)CCCCC(=O)CC[C@@H](NC(=O)NCCCC(=O)O)C(=O)O)C(=O)O)cc1)N2CCCCS(=O)(=O)O. The van der Waals surface area contributed by atoms with Gasteiger partial charge in [0.1, 0.15) is 35.9 Å². The molecule has 86 heavy (non-hydrogen) atoms. The molecule has 8 N–H and O–H groups in total. The van der Waals surface area contributed by atoms with Gasteiger partial charge >= 0.3 is 23.9 Å². The average molecular weight is 1230 g/mol. The van der Waals surface area contributed by atoms with Crippen LogP contribution in [0.1, 0.15) is 146 Å². The summed E-state index contributed by atoms with van der Waals surface area (Å²) in [6.45, 7) is 11.7. The Bertz CT molecular complexity index is 3400. The van der Waals surface area contributed by atoms with Gasteiger partial charge in [0.05, 0.1) is 16.9 Å². The molecular formula is C63H82N5O16S2+. The van der Waals surface area contributed by atoms with Crippen LogP contribution in [0.15, 0.2) is 114 Å². The maximum absolute atomic E-state index is 13.0. The topological polar surface area (TPSA) is 323 Å². The summed E-state index contributed by atoms with van der Waals surface area (Å²) in [5.74, 6) is -4.03. The summed E-state index contributed by atoms with van der Waals surface area (Å²) >= 11 is 0. The Kier molecular flexibility index (Phi) is 23.8. The number of carbonyl (C=O) groups is 6. The van der Waals surface area contributed by atoms with Crippen molar-refractivity contribution in [2.75, 3.05) is 36.0 Å². The van der Waals surface area contributed by atoms with Crippen LogP contribution in [-0.2, 0) is 61.5 Å².